The van der Waals surface area contributed by atoms with E-state index in [1.165, 1.54) is 17.9 Å². The summed E-state index contributed by atoms with van der Waals surface area (Å²) >= 11 is 0. The molecule has 0 aromatic rings. The van der Waals surface area contributed by atoms with E-state index in [0.717, 1.165) is 39.0 Å². The Balaban J connectivity index is 1.34. The van der Waals surface area contributed by atoms with Crippen LogP contribution in [0.4, 0.5) is 0 Å². The molecule has 5 aliphatic rings. The summed E-state index contributed by atoms with van der Waals surface area (Å²) in [6, 6.07) is -2.34. The van der Waals surface area contributed by atoms with E-state index < -0.39 is 165 Å². The summed E-state index contributed by atoms with van der Waals surface area (Å²) in [6.07, 6.45) is 0.357. The number of ether oxygens (including phenoxy) is 4. The van der Waals surface area contributed by atoms with Gasteiger partial charge in [-0.1, -0.05) is 86.8 Å². The minimum atomic E-state index is -2.43. The molecule has 23 nitrogen and oxygen atoms in total. The standard InChI is InChI=1S/C58H92N4O19/c1-35-18-16-14-12-10-8-6-7-9-11-13-15-17-19-42(80-57-54(73)51(53(72)38(4)79-57)59-43-32-48(69)62(55(43)74)27-26-61-24-22-60(5)23-25-61)31-47-50(56(75)76)46(68)34-58(77,81-47)33-45(67)44(66)21-20-39(63)28-40(64)29-41(65)30-49(70)78-37(3)36(2)52(35)71/h6-7,9,11-19,35-47,50-54,57,59,63-68,71-73,77H,8,10,20-34H2,1-5H3,(H,75,76)/b7-6+,11-9+,14-12+,15-13+,18-16+,19-17+/t35-,36-,37-,38+,39+,40+,41+,42-,43?,44+,45+,46-,47-,50+,51-,52+,53+,54-,57+,58+/m0/s1. The fourth-order valence-electron chi connectivity index (χ4n) is 10.9. The number of carboxylic acids is 1. The zero-order valence-electron chi connectivity index (χ0n) is 47.4. The summed E-state index contributed by atoms with van der Waals surface area (Å²) < 4.78 is 23.9. The molecule has 0 spiro atoms. The predicted molar refractivity (Wildman–Crippen MR) is 295 cm³/mol. The van der Waals surface area contributed by atoms with Gasteiger partial charge in [-0.15, -0.1) is 0 Å². The van der Waals surface area contributed by atoms with E-state index in [2.05, 4.69) is 15.1 Å². The van der Waals surface area contributed by atoms with Gasteiger partial charge in [0.15, 0.2) is 12.1 Å². The number of hydrogen-bond acceptors (Lipinski definition) is 21. The third-order valence-corrected chi connectivity index (χ3v) is 16.1. The van der Waals surface area contributed by atoms with Gasteiger partial charge in [0.05, 0.1) is 92.1 Å². The molecule has 20 atom stereocenters. The fraction of sp³-hybridized carbons (Fsp3) is 0.724. The number of nitrogens with zero attached hydrogens (tertiary/aromatic N) is 3. The van der Waals surface area contributed by atoms with Crippen molar-refractivity contribution in [3.8, 4) is 0 Å². The second kappa shape index (κ2) is 32.8. The van der Waals surface area contributed by atoms with Crippen LogP contribution in [0.15, 0.2) is 72.9 Å². The predicted octanol–water partition coefficient (Wildman–Crippen LogP) is -0.0585. The van der Waals surface area contributed by atoms with Gasteiger partial charge in [-0.05, 0) is 59.4 Å². The monoisotopic (exact) mass is 1150 g/mol. The zero-order chi connectivity index (χ0) is 59.6. The van der Waals surface area contributed by atoms with Gasteiger partial charge in [0, 0.05) is 70.4 Å². The molecule has 5 rings (SSSR count). The molecule has 0 radical (unpaired) electrons. The number of likely N-dealkylation sites (N-methyl/N-ethyl adjacent to an activating group) is 1. The average molecular weight is 1150 g/mol. The number of carboxylic acid groups (broad SMARTS) is 1. The maximum absolute atomic E-state index is 13.7. The SMILES string of the molecule is C[C@@H]1[C@H](O)[C@@H](C)/C=C/C=C/CC/C=C/C=C/C=C/C=C/[C@H](O[C@H]2O[C@H](C)[C@@H](O)[C@H](NC3CC(=O)N(CCN4CCN(C)CC4)C3=O)[C@@H]2O)C[C@@H]2O[C@](O)(C[C@@H](O)[C@H](O)CC[C@@H](O)C[C@@H](O)C[C@@H](O)CC(=O)O[C@H]1C)C[C@H](O)[C@H]2C(=O)O. The summed E-state index contributed by atoms with van der Waals surface area (Å²) in [4.78, 5) is 57.9. The van der Waals surface area contributed by atoms with E-state index in [1.807, 2.05) is 50.4 Å². The van der Waals surface area contributed by atoms with Gasteiger partial charge < -0.3 is 80.0 Å². The van der Waals surface area contributed by atoms with Gasteiger partial charge in [0.2, 0.25) is 11.8 Å². The van der Waals surface area contributed by atoms with Crippen molar-refractivity contribution in [3.63, 3.8) is 0 Å². The number of likely N-dealkylation sites (tertiary alicyclic amines) is 1. The zero-order valence-corrected chi connectivity index (χ0v) is 47.4. The highest BCUT2D eigenvalue weighted by Gasteiger charge is 2.52. The van der Waals surface area contributed by atoms with Crippen LogP contribution in [0.2, 0.25) is 0 Å². The van der Waals surface area contributed by atoms with E-state index in [4.69, 9.17) is 18.9 Å². The highest BCUT2D eigenvalue weighted by Crippen LogP contribution is 2.38. The number of hydrogen-bond donors (Lipinski definition) is 12. The molecule has 4 fully saturated rings. The van der Waals surface area contributed by atoms with Crippen LogP contribution in [0.5, 0.6) is 0 Å². The summed E-state index contributed by atoms with van der Waals surface area (Å²) in [5.41, 5.74) is 0. The molecule has 12 N–H and O–H groups in total. The largest absolute Gasteiger partial charge is 0.481 e. The van der Waals surface area contributed by atoms with Crippen LogP contribution in [-0.2, 0) is 38.1 Å². The first-order valence-electron chi connectivity index (χ1n) is 28.6. The second-order valence-electron chi connectivity index (χ2n) is 22.7. The molecular formula is C58H92N4O19. The van der Waals surface area contributed by atoms with Gasteiger partial charge in [0.1, 0.15) is 18.1 Å². The van der Waals surface area contributed by atoms with Gasteiger partial charge in [-0.25, -0.2) is 0 Å². The number of carbonyl (C=O) groups excluding carboxylic acids is 3. The van der Waals surface area contributed by atoms with Crippen LogP contribution in [0.25, 0.3) is 0 Å². The minimum Gasteiger partial charge on any atom is -0.481 e. The van der Waals surface area contributed by atoms with E-state index >= 15 is 0 Å². The molecule has 1 unspecified atom stereocenters. The van der Waals surface area contributed by atoms with E-state index in [9.17, 15) is 75.3 Å². The number of esters is 1. The Bertz CT molecular complexity index is 2170. The number of piperazine rings is 1. The number of amides is 2. The Morgan fingerprint density at radius 2 is 1.31 bits per heavy atom. The maximum Gasteiger partial charge on any atom is 0.311 e. The van der Waals surface area contributed by atoms with Crippen molar-refractivity contribution in [2.45, 2.75) is 202 Å². The summed E-state index contributed by atoms with van der Waals surface area (Å²) in [5, 5.41) is 125. The van der Waals surface area contributed by atoms with Crippen molar-refractivity contribution in [3.05, 3.63) is 72.9 Å². The number of cyclic esters (lactones) is 1. The Labute approximate surface area is 475 Å². The van der Waals surface area contributed by atoms with Crippen LogP contribution < -0.4 is 5.32 Å². The smallest absolute Gasteiger partial charge is 0.311 e. The third kappa shape index (κ3) is 21.2. The molecule has 0 aromatic carbocycles. The Morgan fingerprint density at radius 1 is 0.691 bits per heavy atom. The molecule has 5 heterocycles. The number of allylic oxidation sites excluding steroid dienone is 10. The van der Waals surface area contributed by atoms with Gasteiger partial charge in [-0.3, -0.25) is 34.3 Å². The molecule has 0 aromatic heterocycles. The highest BCUT2D eigenvalue weighted by molar-refractivity contribution is 6.05. The second-order valence-corrected chi connectivity index (χ2v) is 22.7. The number of nitrogens with one attached hydrogen (secondary N) is 1. The van der Waals surface area contributed by atoms with Gasteiger partial charge in [-0.2, -0.15) is 0 Å². The van der Waals surface area contributed by atoms with E-state index in [0.29, 0.717) is 6.54 Å². The normalized spacial score (nSPS) is 42.3. The minimum absolute atomic E-state index is 0.168. The molecule has 0 saturated carbocycles. The lowest BCUT2D eigenvalue weighted by Gasteiger charge is -2.46. The van der Waals surface area contributed by atoms with Gasteiger partial charge >= 0.3 is 11.9 Å². The van der Waals surface area contributed by atoms with Crippen LogP contribution in [-0.4, -0.2) is 244 Å². The van der Waals surface area contributed by atoms with Crippen molar-refractivity contribution in [1.29, 1.82) is 0 Å². The first-order valence-corrected chi connectivity index (χ1v) is 28.6. The summed E-state index contributed by atoms with van der Waals surface area (Å²) in [5.74, 6) is -7.98. The summed E-state index contributed by atoms with van der Waals surface area (Å²) in [7, 11) is 2.03. The van der Waals surface area contributed by atoms with Crippen molar-refractivity contribution in [2.24, 2.45) is 17.8 Å². The van der Waals surface area contributed by atoms with Gasteiger partial charge in [0.25, 0.3) is 0 Å². The molecule has 81 heavy (non-hydrogen) atoms. The van der Waals surface area contributed by atoms with E-state index in [-0.39, 0.29) is 44.6 Å². The first-order chi connectivity index (χ1) is 38.4. The number of carbonyl (C=O) groups is 4. The Morgan fingerprint density at radius 3 is 1.99 bits per heavy atom. The Hall–Kier alpha value is -4.12. The quantitative estimate of drug-likeness (QED) is 0.112. The fourth-order valence-corrected chi connectivity index (χ4v) is 10.9. The van der Waals surface area contributed by atoms with Crippen molar-refractivity contribution >= 4 is 23.8 Å². The van der Waals surface area contributed by atoms with Crippen LogP contribution in [0, 0.1) is 17.8 Å². The van der Waals surface area contributed by atoms with Crippen LogP contribution in [0.1, 0.15) is 98.3 Å². The van der Waals surface area contributed by atoms with Crippen molar-refractivity contribution < 1.29 is 94.3 Å². The van der Waals surface area contributed by atoms with Crippen LogP contribution >= 0.6 is 0 Å². The number of aliphatic hydroxyl groups excluding tert-OH is 9. The molecular weight excluding hydrogens is 1060 g/mol. The molecule has 2 amide bonds. The molecule has 4 saturated heterocycles. The highest BCUT2D eigenvalue weighted by atomic mass is 16.7. The topological polar surface area (TPSA) is 349 Å². The lowest BCUT2D eigenvalue weighted by molar-refractivity contribution is -0.310. The van der Waals surface area contributed by atoms with Crippen LogP contribution in [0.3, 0.4) is 0 Å². The number of imide groups is 1. The maximum atomic E-state index is 13.7. The molecule has 0 aliphatic carbocycles. The number of rotatable bonds is 8. The lowest BCUT2D eigenvalue weighted by Crippen LogP contribution is -2.65. The third-order valence-electron chi connectivity index (χ3n) is 16.1. The molecule has 458 valence electrons. The first kappa shape index (κ1) is 67.7. The van der Waals surface area contributed by atoms with Crippen molar-refractivity contribution in [2.75, 3.05) is 46.3 Å². The number of aliphatic hydroxyl groups is 10. The molecule has 5 aliphatic heterocycles. The number of fused-ring (bicyclic) bond motifs is 2. The summed E-state index contributed by atoms with van der Waals surface area (Å²) in [6.45, 7) is 10.7. The lowest BCUT2D eigenvalue weighted by atomic mass is 9.82. The average Bonchev–Trinajstić information content (AvgIpc) is 3.83. The molecule has 2 bridgehead atoms. The Kier molecular flexibility index (Phi) is 27.4. The van der Waals surface area contributed by atoms with E-state index in [1.54, 1.807) is 44.2 Å². The number of aliphatic carboxylic acids is 1. The van der Waals surface area contributed by atoms with Crippen molar-refractivity contribution in [1.82, 2.24) is 20.0 Å². The molecule has 23 heteroatoms.